The summed E-state index contributed by atoms with van der Waals surface area (Å²) < 4.78 is 29.2. The summed E-state index contributed by atoms with van der Waals surface area (Å²) >= 11 is 12.6. The van der Waals surface area contributed by atoms with Crippen molar-refractivity contribution >= 4 is 34.2 Å². The molecule has 0 amide bonds. The molecule has 0 aliphatic rings. The molecule has 3 heterocycles. The first-order valence-corrected chi connectivity index (χ1v) is 8.49. The molecule has 3 aromatic heterocycles. The Balaban J connectivity index is 2.15. The minimum absolute atomic E-state index is 0.237. The SMILES string of the molecule is Cc1cnc(Cl)c(Cc2cc3c(C)cc(C(C)(F)F)nc3n2C)c1Cl. The highest BCUT2D eigenvalue weighted by Gasteiger charge is 2.28. The van der Waals surface area contributed by atoms with Crippen LogP contribution in [0.15, 0.2) is 18.3 Å². The number of alkyl halides is 2. The summed E-state index contributed by atoms with van der Waals surface area (Å²) in [6.45, 7) is 4.51. The molecule has 0 radical (unpaired) electrons. The number of aromatic nitrogens is 3. The maximum atomic E-state index is 13.7. The van der Waals surface area contributed by atoms with Gasteiger partial charge < -0.3 is 4.57 Å². The van der Waals surface area contributed by atoms with Crippen molar-refractivity contribution in [2.75, 3.05) is 0 Å². The molecular formula is C18H17Cl2F2N3. The molecule has 0 saturated heterocycles. The molecule has 0 N–H and O–H groups in total. The third-order valence-electron chi connectivity index (χ3n) is 4.34. The second kappa shape index (κ2) is 6.22. The van der Waals surface area contributed by atoms with Crippen LogP contribution in [0.25, 0.3) is 11.0 Å². The summed E-state index contributed by atoms with van der Waals surface area (Å²) in [4.78, 5) is 8.30. The van der Waals surface area contributed by atoms with Crippen LogP contribution < -0.4 is 0 Å². The van der Waals surface area contributed by atoms with Gasteiger partial charge in [-0.2, -0.15) is 8.78 Å². The Kier molecular flexibility index (Phi) is 4.50. The van der Waals surface area contributed by atoms with Crippen molar-refractivity contribution in [1.29, 1.82) is 0 Å². The van der Waals surface area contributed by atoms with Gasteiger partial charge in [-0.05, 0) is 37.1 Å². The van der Waals surface area contributed by atoms with E-state index in [2.05, 4.69) is 9.97 Å². The predicted octanol–water partition coefficient (Wildman–Crippen LogP) is 5.59. The van der Waals surface area contributed by atoms with Gasteiger partial charge in [0, 0.05) is 43.2 Å². The van der Waals surface area contributed by atoms with Crippen LogP contribution in [0.2, 0.25) is 10.2 Å². The van der Waals surface area contributed by atoms with Crippen molar-refractivity contribution in [2.24, 2.45) is 7.05 Å². The normalized spacial score (nSPS) is 12.2. The van der Waals surface area contributed by atoms with Gasteiger partial charge in [0.2, 0.25) is 0 Å². The molecule has 0 atom stereocenters. The Morgan fingerprint density at radius 1 is 1.16 bits per heavy atom. The van der Waals surface area contributed by atoms with Crippen molar-refractivity contribution in [2.45, 2.75) is 33.1 Å². The highest BCUT2D eigenvalue weighted by atomic mass is 35.5. The molecule has 0 bridgehead atoms. The highest BCUT2D eigenvalue weighted by Crippen LogP contribution is 2.32. The summed E-state index contributed by atoms with van der Waals surface area (Å²) in [5, 5.41) is 1.74. The molecule has 0 spiro atoms. The highest BCUT2D eigenvalue weighted by molar-refractivity contribution is 6.35. The van der Waals surface area contributed by atoms with Crippen molar-refractivity contribution in [3.8, 4) is 0 Å². The van der Waals surface area contributed by atoms with Crippen LogP contribution in [0, 0.1) is 13.8 Å². The Bertz CT molecular complexity index is 975. The van der Waals surface area contributed by atoms with Crippen molar-refractivity contribution in [1.82, 2.24) is 14.5 Å². The third kappa shape index (κ3) is 3.23. The fourth-order valence-corrected chi connectivity index (χ4v) is 3.31. The summed E-state index contributed by atoms with van der Waals surface area (Å²) in [6, 6.07) is 3.37. The number of hydrogen-bond acceptors (Lipinski definition) is 2. The average molecular weight is 384 g/mol. The summed E-state index contributed by atoms with van der Waals surface area (Å²) in [5.41, 5.74) is 3.45. The Hall–Kier alpha value is -1.72. The zero-order valence-electron chi connectivity index (χ0n) is 14.3. The number of nitrogens with zero attached hydrogens (tertiary/aromatic N) is 3. The van der Waals surface area contributed by atoms with Crippen LogP contribution >= 0.6 is 23.2 Å². The lowest BCUT2D eigenvalue weighted by Crippen LogP contribution is -2.11. The second-order valence-electron chi connectivity index (χ2n) is 6.35. The van der Waals surface area contributed by atoms with E-state index in [0.29, 0.717) is 27.8 Å². The minimum Gasteiger partial charge on any atom is -0.332 e. The van der Waals surface area contributed by atoms with E-state index in [1.165, 1.54) is 6.07 Å². The molecule has 0 fully saturated rings. The van der Waals surface area contributed by atoms with E-state index in [-0.39, 0.29) is 5.69 Å². The summed E-state index contributed by atoms with van der Waals surface area (Å²) in [5.74, 6) is -2.99. The lowest BCUT2D eigenvalue weighted by atomic mass is 10.1. The maximum Gasteiger partial charge on any atom is 0.287 e. The fraction of sp³-hybridized carbons (Fsp3) is 0.333. The predicted molar refractivity (Wildman–Crippen MR) is 96.8 cm³/mol. The fourth-order valence-electron chi connectivity index (χ4n) is 2.84. The molecule has 0 aromatic carbocycles. The zero-order chi connectivity index (χ0) is 18.5. The lowest BCUT2D eigenvalue weighted by molar-refractivity contribution is 0.0130. The van der Waals surface area contributed by atoms with Gasteiger partial charge in [-0.25, -0.2) is 9.97 Å². The molecule has 0 aliphatic carbocycles. The van der Waals surface area contributed by atoms with Crippen molar-refractivity contribution < 1.29 is 8.78 Å². The molecule has 7 heteroatoms. The van der Waals surface area contributed by atoms with E-state index < -0.39 is 5.92 Å². The Morgan fingerprint density at radius 3 is 2.48 bits per heavy atom. The molecule has 3 aromatic rings. The van der Waals surface area contributed by atoms with E-state index >= 15 is 0 Å². The molecule has 0 unspecified atom stereocenters. The van der Waals surface area contributed by atoms with Crippen LogP contribution in [0.4, 0.5) is 8.78 Å². The number of aryl methyl sites for hydroxylation is 3. The van der Waals surface area contributed by atoms with Crippen LogP contribution in [0.5, 0.6) is 0 Å². The van der Waals surface area contributed by atoms with E-state index in [0.717, 1.165) is 29.1 Å². The van der Waals surface area contributed by atoms with E-state index in [4.69, 9.17) is 23.2 Å². The summed E-state index contributed by atoms with van der Waals surface area (Å²) in [7, 11) is 1.80. The van der Waals surface area contributed by atoms with Crippen LogP contribution in [0.1, 0.15) is 35.0 Å². The molecule has 0 aliphatic heterocycles. The van der Waals surface area contributed by atoms with Gasteiger partial charge >= 0.3 is 0 Å². The number of rotatable bonds is 3. The molecule has 132 valence electrons. The molecular weight excluding hydrogens is 367 g/mol. The van der Waals surface area contributed by atoms with Gasteiger partial charge in [0.05, 0.1) is 5.02 Å². The van der Waals surface area contributed by atoms with Gasteiger partial charge in [-0.3, -0.25) is 0 Å². The largest absolute Gasteiger partial charge is 0.332 e. The van der Waals surface area contributed by atoms with Gasteiger partial charge in [0.1, 0.15) is 16.5 Å². The van der Waals surface area contributed by atoms with E-state index in [9.17, 15) is 8.78 Å². The number of fused-ring (bicyclic) bond motifs is 1. The summed E-state index contributed by atoms with van der Waals surface area (Å²) in [6.07, 6.45) is 2.06. The van der Waals surface area contributed by atoms with Crippen LogP contribution in [-0.4, -0.2) is 14.5 Å². The lowest BCUT2D eigenvalue weighted by Gasteiger charge is -2.12. The smallest absolute Gasteiger partial charge is 0.287 e. The van der Waals surface area contributed by atoms with Gasteiger partial charge in [-0.15, -0.1) is 0 Å². The number of pyridine rings is 2. The van der Waals surface area contributed by atoms with Crippen LogP contribution in [0.3, 0.4) is 0 Å². The third-order valence-corrected chi connectivity index (χ3v) is 5.20. The van der Waals surface area contributed by atoms with Gasteiger partial charge in [0.25, 0.3) is 5.92 Å². The minimum atomic E-state index is -2.99. The standard InChI is InChI=1S/C18H17Cl2F2N3/c1-9-5-14(18(3,21)22)24-17-12(9)6-11(25(17)4)7-13-15(19)10(2)8-23-16(13)20/h5-6,8H,7H2,1-4H3. The quantitative estimate of drug-likeness (QED) is 0.551. The van der Waals surface area contributed by atoms with Gasteiger partial charge in [0.15, 0.2) is 0 Å². The maximum absolute atomic E-state index is 13.7. The molecule has 0 saturated carbocycles. The Morgan fingerprint density at radius 2 is 1.84 bits per heavy atom. The van der Waals surface area contributed by atoms with Crippen molar-refractivity contribution in [3.63, 3.8) is 0 Å². The van der Waals surface area contributed by atoms with E-state index in [1.807, 2.05) is 13.0 Å². The number of hydrogen-bond donors (Lipinski definition) is 0. The first-order valence-electron chi connectivity index (χ1n) is 7.73. The topological polar surface area (TPSA) is 30.7 Å². The van der Waals surface area contributed by atoms with E-state index in [1.54, 1.807) is 24.7 Å². The van der Waals surface area contributed by atoms with Crippen LogP contribution in [-0.2, 0) is 19.4 Å². The average Bonchev–Trinajstić information content (AvgIpc) is 2.84. The molecule has 25 heavy (non-hydrogen) atoms. The Labute approximate surface area is 154 Å². The first kappa shape index (κ1) is 18.1. The number of halogens is 4. The first-order chi connectivity index (χ1) is 11.6. The molecule has 3 rings (SSSR count). The van der Waals surface area contributed by atoms with Gasteiger partial charge in [-0.1, -0.05) is 23.2 Å². The molecule has 3 nitrogen and oxygen atoms in total. The van der Waals surface area contributed by atoms with Crippen molar-refractivity contribution in [3.05, 3.63) is 56.6 Å². The monoisotopic (exact) mass is 383 g/mol. The zero-order valence-corrected chi connectivity index (χ0v) is 15.8. The second-order valence-corrected chi connectivity index (χ2v) is 7.08.